The lowest BCUT2D eigenvalue weighted by Gasteiger charge is -2.11. The van der Waals surface area contributed by atoms with Gasteiger partial charge in [-0.2, -0.15) is 0 Å². The fourth-order valence-electron chi connectivity index (χ4n) is 2.08. The molecule has 0 aliphatic carbocycles. The van der Waals surface area contributed by atoms with Crippen LogP contribution in [0.3, 0.4) is 0 Å². The van der Waals surface area contributed by atoms with Crippen LogP contribution in [0.4, 0.5) is 11.4 Å². The molecule has 4 heteroatoms. The number of aryl methyl sites for hydroxylation is 1. The van der Waals surface area contributed by atoms with Crippen molar-refractivity contribution >= 4 is 33.2 Å². The van der Waals surface area contributed by atoms with Crippen LogP contribution in [0.2, 0.25) is 0 Å². The number of nitrogens with one attached hydrogen (secondary N) is 2. The Bertz CT molecular complexity index is 651. The third-order valence-electron chi connectivity index (χ3n) is 3.43. The molecular formula is C18H21BrN2O. The van der Waals surface area contributed by atoms with E-state index in [0.29, 0.717) is 5.92 Å². The minimum absolute atomic E-state index is 0.0718. The maximum absolute atomic E-state index is 12.0. The molecule has 0 unspecified atom stereocenters. The summed E-state index contributed by atoms with van der Waals surface area (Å²) in [4.78, 5) is 12.0. The van der Waals surface area contributed by atoms with E-state index in [9.17, 15) is 4.79 Å². The first-order valence-electron chi connectivity index (χ1n) is 7.35. The fourth-order valence-corrected chi connectivity index (χ4v) is 2.68. The van der Waals surface area contributed by atoms with Gasteiger partial charge < -0.3 is 10.6 Å². The Morgan fingerprint density at radius 2 is 1.82 bits per heavy atom. The third kappa shape index (κ3) is 4.60. The molecule has 1 amide bonds. The van der Waals surface area contributed by atoms with Crippen LogP contribution >= 0.6 is 15.9 Å². The number of hydrogen-bond donors (Lipinski definition) is 2. The first kappa shape index (κ1) is 16.6. The molecule has 0 aliphatic heterocycles. The molecule has 2 rings (SSSR count). The zero-order valence-electron chi connectivity index (χ0n) is 13.1. The van der Waals surface area contributed by atoms with Gasteiger partial charge in [0.2, 0.25) is 5.91 Å². The van der Waals surface area contributed by atoms with Crippen LogP contribution in [0, 0.1) is 6.92 Å². The molecule has 116 valence electrons. The zero-order valence-corrected chi connectivity index (χ0v) is 14.7. The molecule has 0 bridgehead atoms. The van der Waals surface area contributed by atoms with Gasteiger partial charge in [0.1, 0.15) is 0 Å². The number of amides is 1. The minimum Gasteiger partial charge on any atom is -0.376 e. The Balaban J connectivity index is 1.89. The Hall–Kier alpha value is -1.81. The molecule has 0 saturated heterocycles. The van der Waals surface area contributed by atoms with Crippen LogP contribution in [0.15, 0.2) is 46.9 Å². The van der Waals surface area contributed by atoms with E-state index in [2.05, 4.69) is 52.5 Å². The molecule has 0 fully saturated rings. The molecule has 0 spiro atoms. The quantitative estimate of drug-likeness (QED) is 0.793. The number of anilines is 2. The minimum atomic E-state index is -0.0718. The molecule has 0 atom stereocenters. The predicted molar refractivity (Wildman–Crippen MR) is 96.5 cm³/mol. The van der Waals surface area contributed by atoms with Gasteiger partial charge in [0.05, 0.1) is 12.2 Å². The molecule has 0 saturated carbocycles. The second-order valence-corrected chi connectivity index (χ2v) is 6.52. The SMILES string of the molecule is Cc1ccc(NC(=O)CNc2ccc(C(C)C)cc2)c(Br)c1. The van der Waals surface area contributed by atoms with Crippen molar-refractivity contribution in [1.29, 1.82) is 0 Å². The lowest BCUT2D eigenvalue weighted by atomic mass is 10.0. The number of benzene rings is 2. The molecule has 2 aromatic rings. The van der Waals surface area contributed by atoms with Crippen LogP contribution in [-0.2, 0) is 4.79 Å². The summed E-state index contributed by atoms with van der Waals surface area (Å²) < 4.78 is 0.891. The van der Waals surface area contributed by atoms with Gasteiger partial charge in [-0.1, -0.05) is 32.0 Å². The van der Waals surface area contributed by atoms with E-state index in [1.165, 1.54) is 5.56 Å². The Kier molecular flexibility index (Phi) is 5.61. The van der Waals surface area contributed by atoms with Crippen molar-refractivity contribution in [3.05, 3.63) is 58.1 Å². The van der Waals surface area contributed by atoms with E-state index in [4.69, 9.17) is 0 Å². The van der Waals surface area contributed by atoms with E-state index in [0.717, 1.165) is 21.4 Å². The highest BCUT2D eigenvalue weighted by molar-refractivity contribution is 9.10. The van der Waals surface area contributed by atoms with E-state index in [1.54, 1.807) is 0 Å². The number of carbonyl (C=O) groups is 1. The van der Waals surface area contributed by atoms with Crippen molar-refractivity contribution in [3.8, 4) is 0 Å². The van der Waals surface area contributed by atoms with Crippen LogP contribution in [0.5, 0.6) is 0 Å². The molecule has 0 radical (unpaired) electrons. The molecule has 0 aromatic heterocycles. The highest BCUT2D eigenvalue weighted by Crippen LogP contribution is 2.23. The lowest BCUT2D eigenvalue weighted by Crippen LogP contribution is -2.21. The monoisotopic (exact) mass is 360 g/mol. The summed E-state index contributed by atoms with van der Waals surface area (Å²) in [6.07, 6.45) is 0. The van der Waals surface area contributed by atoms with Crippen molar-refractivity contribution < 1.29 is 4.79 Å². The van der Waals surface area contributed by atoms with E-state index in [1.807, 2.05) is 37.3 Å². The van der Waals surface area contributed by atoms with Crippen molar-refractivity contribution in [2.24, 2.45) is 0 Å². The molecule has 22 heavy (non-hydrogen) atoms. The van der Waals surface area contributed by atoms with Gasteiger partial charge in [-0.15, -0.1) is 0 Å². The first-order chi connectivity index (χ1) is 10.5. The summed E-state index contributed by atoms with van der Waals surface area (Å²) in [5.74, 6) is 0.439. The number of halogens is 1. The maximum atomic E-state index is 12.0. The Morgan fingerprint density at radius 1 is 1.14 bits per heavy atom. The Morgan fingerprint density at radius 3 is 2.41 bits per heavy atom. The average molecular weight is 361 g/mol. The van der Waals surface area contributed by atoms with Gasteiger partial charge in [0.15, 0.2) is 0 Å². The highest BCUT2D eigenvalue weighted by atomic mass is 79.9. The molecule has 0 aliphatic rings. The van der Waals surface area contributed by atoms with Crippen molar-refractivity contribution in [2.45, 2.75) is 26.7 Å². The summed E-state index contributed by atoms with van der Waals surface area (Å²) in [6, 6.07) is 14.0. The predicted octanol–water partition coefficient (Wildman–Crippen LogP) is 4.93. The normalized spacial score (nSPS) is 10.6. The van der Waals surface area contributed by atoms with Crippen LogP contribution in [0.1, 0.15) is 30.9 Å². The summed E-state index contributed by atoms with van der Waals surface area (Å²) in [5, 5.41) is 6.02. The summed E-state index contributed by atoms with van der Waals surface area (Å²) in [5.41, 5.74) is 4.17. The maximum Gasteiger partial charge on any atom is 0.243 e. The van der Waals surface area contributed by atoms with Crippen LogP contribution < -0.4 is 10.6 Å². The zero-order chi connectivity index (χ0) is 16.1. The summed E-state index contributed by atoms with van der Waals surface area (Å²) in [6.45, 7) is 6.57. The van der Waals surface area contributed by atoms with Gasteiger partial charge in [-0.05, 0) is 64.2 Å². The summed E-state index contributed by atoms with van der Waals surface area (Å²) in [7, 11) is 0. The first-order valence-corrected chi connectivity index (χ1v) is 8.15. The van der Waals surface area contributed by atoms with E-state index < -0.39 is 0 Å². The van der Waals surface area contributed by atoms with Crippen molar-refractivity contribution in [3.63, 3.8) is 0 Å². The molecule has 0 heterocycles. The topological polar surface area (TPSA) is 41.1 Å². The Labute approximate surface area is 140 Å². The molecule has 2 aromatic carbocycles. The molecule has 2 N–H and O–H groups in total. The number of rotatable bonds is 5. The van der Waals surface area contributed by atoms with E-state index in [-0.39, 0.29) is 12.5 Å². The fraction of sp³-hybridized carbons (Fsp3) is 0.278. The standard InChI is InChI=1S/C18H21BrN2O/c1-12(2)14-5-7-15(8-6-14)20-11-18(22)21-17-9-4-13(3)10-16(17)19/h4-10,12,20H,11H2,1-3H3,(H,21,22). The number of hydrogen-bond acceptors (Lipinski definition) is 2. The van der Waals surface area contributed by atoms with Crippen LogP contribution in [0.25, 0.3) is 0 Å². The van der Waals surface area contributed by atoms with Gasteiger partial charge in [0, 0.05) is 10.2 Å². The van der Waals surface area contributed by atoms with Crippen molar-refractivity contribution in [2.75, 3.05) is 17.2 Å². The summed E-state index contributed by atoms with van der Waals surface area (Å²) >= 11 is 3.46. The smallest absolute Gasteiger partial charge is 0.243 e. The highest BCUT2D eigenvalue weighted by Gasteiger charge is 2.06. The molecule has 3 nitrogen and oxygen atoms in total. The second-order valence-electron chi connectivity index (χ2n) is 5.66. The van der Waals surface area contributed by atoms with Crippen molar-refractivity contribution in [1.82, 2.24) is 0 Å². The lowest BCUT2D eigenvalue weighted by molar-refractivity contribution is -0.114. The molecular weight excluding hydrogens is 340 g/mol. The van der Waals surface area contributed by atoms with Gasteiger partial charge >= 0.3 is 0 Å². The third-order valence-corrected chi connectivity index (χ3v) is 4.09. The largest absolute Gasteiger partial charge is 0.376 e. The van der Waals surface area contributed by atoms with Crippen LogP contribution in [-0.4, -0.2) is 12.5 Å². The second kappa shape index (κ2) is 7.45. The van der Waals surface area contributed by atoms with Gasteiger partial charge in [-0.3, -0.25) is 4.79 Å². The van der Waals surface area contributed by atoms with E-state index >= 15 is 0 Å². The number of carbonyl (C=O) groups excluding carboxylic acids is 1. The average Bonchev–Trinajstić information content (AvgIpc) is 2.48. The van der Waals surface area contributed by atoms with Gasteiger partial charge in [-0.25, -0.2) is 0 Å². The van der Waals surface area contributed by atoms with Gasteiger partial charge in [0.25, 0.3) is 0 Å².